The number of rotatable bonds is 7. The number of nitrogens with one attached hydrogen (secondary N) is 1. The van der Waals surface area contributed by atoms with Gasteiger partial charge in [-0.25, -0.2) is 0 Å². The summed E-state index contributed by atoms with van der Waals surface area (Å²) >= 11 is 0. The van der Waals surface area contributed by atoms with Crippen molar-refractivity contribution in [3.63, 3.8) is 0 Å². The van der Waals surface area contributed by atoms with Crippen LogP contribution in [0.5, 0.6) is 0 Å². The molecule has 0 saturated carbocycles. The van der Waals surface area contributed by atoms with Gasteiger partial charge in [-0.2, -0.15) is 0 Å². The van der Waals surface area contributed by atoms with Crippen molar-refractivity contribution in [1.29, 1.82) is 0 Å². The van der Waals surface area contributed by atoms with E-state index < -0.39 is 0 Å². The van der Waals surface area contributed by atoms with Crippen LogP contribution in [0, 0.1) is 5.92 Å². The lowest BCUT2D eigenvalue weighted by atomic mass is 9.95. The lowest BCUT2D eigenvalue weighted by Gasteiger charge is -2.36. The van der Waals surface area contributed by atoms with Gasteiger partial charge in [0.05, 0.1) is 0 Å². The molecule has 0 spiro atoms. The van der Waals surface area contributed by atoms with Gasteiger partial charge in [0.1, 0.15) is 0 Å². The van der Waals surface area contributed by atoms with Crippen LogP contribution >= 0.6 is 0 Å². The smallest absolute Gasteiger partial charge is 0.00671 e. The highest BCUT2D eigenvalue weighted by atomic mass is 15.2. The van der Waals surface area contributed by atoms with Crippen LogP contribution in [0.4, 0.5) is 0 Å². The van der Waals surface area contributed by atoms with E-state index >= 15 is 0 Å². The predicted molar refractivity (Wildman–Crippen MR) is 71.8 cm³/mol. The summed E-state index contributed by atoms with van der Waals surface area (Å²) in [6.07, 6.45) is 8.35. The first-order valence-electron chi connectivity index (χ1n) is 7.12. The molecule has 0 radical (unpaired) electrons. The summed E-state index contributed by atoms with van der Waals surface area (Å²) in [6, 6.07) is 0.827. The molecule has 0 aromatic carbocycles. The van der Waals surface area contributed by atoms with Gasteiger partial charge in [-0.3, -0.25) is 0 Å². The monoisotopic (exact) mass is 226 g/mol. The van der Waals surface area contributed by atoms with Crippen molar-refractivity contribution in [3.05, 3.63) is 0 Å². The van der Waals surface area contributed by atoms with E-state index in [-0.39, 0.29) is 0 Å². The minimum atomic E-state index is 0.827. The third-order valence-electron chi connectivity index (χ3n) is 3.87. The summed E-state index contributed by atoms with van der Waals surface area (Å²) < 4.78 is 0. The molecule has 0 aromatic rings. The van der Waals surface area contributed by atoms with Gasteiger partial charge in [0.15, 0.2) is 0 Å². The average molecular weight is 226 g/mol. The molecule has 1 saturated heterocycles. The van der Waals surface area contributed by atoms with Crippen LogP contribution in [0.1, 0.15) is 52.4 Å². The Labute approximate surface area is 102 Å². The number of hydrogen-bond acceptors (Lipinski definition) is 2. The predicted octanol–water partition coefficient (Wildman–Crippen LogP) is 2.89. The quantitative estimate of drug-likeness (QED) is 0.672. The van der Waals surface area contributed by atoms with Crippen LogP contribution in [0.25, 0.3) is 0 Å². The van der Waals surface area contributed by atoms with Crippen LogP contribution < -0.4 is 5.32 Å². The second-order valence-electron chi connectivity index (χ2n) is 5.54. The van der Waals surface area contributed by atoms with E-state index in [0.29, 0.717) is 0 Å². The number of likely N-dealkylation sites (tertiary alicyclic amines) is 1. The molecular formula is C14H30N2. The first-order chi connectivity index (χ1) is 7.74. The van der Waals surface area contributed by atoms with Crippen molar-refractivity contribution in [2.45, 2.75) is 58.4 Å². The second kappa shape index (κ2) is 8.08. The van der Waals surface area contributed by atoms with E-state index in [1.165, 1.54) is 58.2 Å². The zero-order chi connectivity index (χ0) is 11.8. The minimum absolute atomic E-state index is 0.827. The van der Waals surface area contributed by atoms with Gasteiger partial charge in [-0.05, 0) is 58.7 Å². The molecule has 2 atom stereocenters. The Hall–Kier alpha value is -0.0800. The van der Waals surface area contributed by atoms with Crippen molar-refractivity contribution < 1.29 is 0 Å². The van der Waals surface area contributed by atoms with Gasteiger partial charge < -0.3 is 10.2 Å². The highest BCUT2D eigenvalue weighted by molar-refractivity contribution is 4.76. The SMILES string of the molecule is CNCCCCCCN1CC(C)CCC1C. The molecular weight excluding hydrogens is 196 g/mol. The molecule has 1 N–H and O–H groups in total. The maximum atomic E-state index is 3.21. The summed E-state index contributed by atoms with van der Waals surface area (Å²) in [5.41, 5.74) is 0. The zero-order valence-electron chi connectivity index (χ0n) is 11.5. The van der Waals surface area contributed by atoms with E-state index in [1.807, 2.05) is 7.05 Å². The van der Waals surface area contributed by atoms with Gasteiger partial charge in [-0.15, -0.1) is 0 Å². The van der Waals surface area contributed by atoms with E-state index in [9.17, 15) is 0 Å². The van der Waals surface area contributed by atoms with Gasteiger partial charge in [0.25, 0.3) is 0 Å². The minimum Gasteiger partial charge on any atom is -0.320 e. The normalized spacial score (nSPS) is 27.2. The van der Waals surface area contributed by atoms with Gasteiger partial charge >= 0.3 is 0 Å². The largest absolute Gasteiger partial charge is 0.320 e. The van der Waals surface area contributed by atoms with Crippen molar-refractivity contribution in [2.75, 3.05) is 26.7 Å². The fraction of sp³-hybridized carbons (Fsp3) is 1.00. The van der Waals surface area contributed by atoms with Crippen LogP contribution in [0.15, 0.2) is 0 Å². The average Bonchev–Trinajstić information content (AvgIpc) is 2.28. The number of hydrogen-bond donors (Lipinski definition) is 1. The first-order valence-corrected chi connectivity index (χ1v) is 7.12. The molecule has 2 nitrogen and oxygen atoms in total. The van der Waals surface area contributed by atoms with Crippen LogP contribution in [-0.4, -0.2) is 37.6 Å². The van der Waals surface area contributed by atoms with Crippen LogP contribution in [0.2, 0.25) is 0 Å². The fourth-order valence-electron chi connectivity index (χ4n) is 2.66. The molecule has 16 heavy (non-hydrogen) atoms. The van der Waals surface area contributed by atoms with Crippen molar-refractivity contribution in [1.82, 2.24) is 10.2 Å². The molecule has 1 heterocycles. The highest BCUT2D eigenvalue weighted by Crippen LogP contribution is 2.21. The Morgan fingerprint density at radius 2 is 1.81 bits per heavy atom. The second-order valence-corrected chi connectivity index (χ2v) is 5.54. The fourth-order valence-corrected chi connectivity index (χ4v) is 2.66. The van der Waals surface area contributed by atoms with Gasteiger partial charge in [0.2, 0.25) is 0 Å². The summed E-state index contributed by atoms with van der Waals surface area (Å²) in [7, 11) is 2.04. The lowest BCUT2D eigenvalue weighted by molar-refractivity contribution is 0.122. The summed E-state index contributed by atoms with van der Waals surface area (Å²) in [6.45, 7) is 8.62. The van der Waals surface area contributed by atoms with E-state index in [4.69, 9.17) is 0 Å². The Morgan fingerprint density at radius 3 is 2.56 bits per heavy atom. The Bertz CT molecular complexity index is 170. The van der Waals surface area contributed by atoms with E-state index in [0.717, 1.165) is 12.0 Å². The van der Waals surface area contributed by atoms with Gasteiger partial charge in [0, 0.05) is 12.6 Å². The molecule has 0 bridgehead atoms. The Balaban J connectivity index is 2.02. The standard InChI is InChI=1S/C14H30N2/c1-13-8-9-14(2)16(12-13)11-7-5-4-6-10-15-3/h13-15H,4-12H2,1-3H3. The topological polar surface area (TPSA) is 15.3 Å². The number of piperidine rings is 1. The molecule has 1 aliphatic heterocycles. The molecule has 2 heteroatoms. The van der Waals surface area contributed by atoms with Crippen LogP contribution in [-0.2, 0) is 0 Å². The molecule has 2 unspecified atom stereocenters. The molecule has 0 aliphatic carbocycles. The summed E-state index contributed by atoms with van der Waals surface area (Å²) in [5, 5.41) is 3.21. The first kappa shape index (κ1) is 14.0. The summed E-state index contributed by atoms with van der Waals surface area (Å²) in [4.78, 5) is 2.70. The Morgan fingerprint density at radius 1 is 1.06 bits per heavy atom. The highest BCUT2D eigenvalue weighted by Gasteiger charge is 2.21. The number of nitrogens with zero attached hydrogens (tertiary/aromatic N) is 1. The van der Waals surface area contributed by atoms with Crippen molar-refractivity contribution >= 4 is 0 Å². The Kier molecular flexibility index (Phi) is 7.06. The molecule has 1 aliphatic rings. The van der Waals surface area contributed by atoms with Gasteiger partial charge in [-0.1, -0.05) is 19.8 Å². The third-order valence-corrected chi connectivity index (χ3v) is 3.87. The molecule has 1 fully saturated rings. The van der Waals surface area contributed by atoms with Crippen LogP contribution in [0.3, 0.4) is 0 Å². The zero-order valence-corrected chi connectivity index (χ0v) is 11.5. The van der Waals surface area contributed by atoms with E-state index in [1.54, 1.807) is 0 Å². The maximum absolute atomic E-state index is 3.21. The number of unbranched alkanes of at least 4 members (excludes halogenated alkanes) is 3. The maximum Gasteiger partial charge on any atom is 0.00671 e. The van der Waals surface area contributed by atoms with Crippen molar-refractivity contribution in [3.8, 4) is 0 Å². The van der Waals surface area contributed by atoms with Crippen molar-refractivity contribution in [2.24, 2.45) is 5.92 Å². The lowest BCUT2D eigenvalue weighted by Crippen LogP contribution is -2.41. The summed E-state index contributed by atoms with van der Waals surface area (Å²) in [5.74, 6) is 0.917. The molecule has 1 rings (SSSR count). The third kappa shape index (κ3) is 5.31. The molecule has 0 amide bonds. The molecule has 0 aromatic heterocycles. The van der Waals surface area contributed by atoms with E-state index in [2.05, 4.69) is 24.1 Å². The molecule has 96 valence electrons.